The van der Waals surface area contributed by atoms with E-state index in [1.807, 2.05) is 135 Å². The zero-order chi connectivity index (χ0) is 53.0. The predicted molar refractivity (Wildman–Crippen MR) is 301 cm³/mol. The van der Waals surface area contributed by atoms with E-state index in [2.05, 4.69) is 57.9 Å². The highest BCUT2D eigenvalue weighted by Crippen LogP contribution is 2.34. The molecule has 0 radical (unpaired) electrons. The number of carboxylic acid groups (broad SMARTS) is 1. The molecule has 0 bridgehead atoms. The number of esters is 2. The summed E-state index contributed by atoms with van der Waals surface area (Å²) in [5, 5.41) is 11.7. The maximum atomic E-state index is 12.3. The molecule has 3 aromatic heterocycles. The van der Waals surface area contributed by atoms with Crippen LogP contribution in [0.2, 0.25) is 19.6 Å². The second-order valence-electron chi connectivity index (χ2n) is 17.6. The Bertz CT molecular complexity index is 3670. The van der Waals surface area contributed by atoms with E-state index in [1.165, 1.54) is 14.2 Å². The second-order valence-corrected chi connectivity index (χ2v) is 23.3. The Morgan fingerprint density at radius 3 is 1.14 bits per heavy atom. The van der Waals surface area contributed by atoms with Crippen LogP contribution >= 0.6 is 15.9 Å². The van der Waals surface area contributed by atoms with Crippen molar-refractivity contribution in [3.63, 3.8) is 0 Å². The molecule has 0 fully saturated rings. The number of ether oxygens (including phenoxy) is 2. The van der Waals surface area contributed by atoms with E-state index in [1.54, 1.807) is 31.2 Å². The summed E-state index contributed by atoms with van der Waals surface area (Å²) in [6, 6.07) is 45.6. The number of carbonyl (C=O) groups excluding carboxylic acids is 2. The summed E-state index contributed by atoms with van der Waals surface area (Å²) in [6.07, 6.45) is 16.0. The number of hydrogen-bond acceptors (Lipinski definition) is 8. The number of aromatic carboxylic acids is 1. The third kappa shape index (κ3) is 12.6. The number of terminal acetylenes is 3. The number of pyridine rings is 3. The average molecular weight is 1040 g/mol. The van der Waals surface area contributed by atoms with Crippen LogP contribution in [-0.2, 0) is 9.47 Å². The van der Waals surface area contributed by atoms with Gasteiger partial charge in [0.2, 0.25) is 0 Å². The molecule has 9 rings (SSSR count). The Morgan fingerprint density at radius 2 is 0.822 bits per heavy atom. The molecular weight excluding hydrogens is 991 g/mol. The van der Waals surface area contributed by atoms with Crippen LogP contribution in [0.3, 0.4) is 0 Å². The summed E-state index contributed by atoms with van der Waals surface area (Å²) < 4.78 is 10.8. The lowest BCUT2D eigenvalue weighted by Gasteiger charge is -2.13. The van der Waals surface area contributed by atoms with E-state index in [4.69, 9.17) is 38.7 Å². The van der Waals surface area contributed by atoms with Gasteiger partial charge in [0.05, 0.1) is 64.5 Å². The Labute approximate surface area is 435 Å². The largest absolute Gasteiger partial charge is 0.478 e. The van der Waals surface area contributed by atoms with Crippen molar-refractivity contribution in [3.8, 4) is 70.4 Å². The summed E-state index contributed by atoms with van der Waals surface area (Å²) in [4.78, 5) is 50.4. The summed E-state index contributed by atoms with van der Waals surface area (Å²) in [7, 11) is 1.67. The SMILES string of the molecule is C#C[Si](C)(C)C.C#Cc1ccc2nc(-c3ccccc3)c(C)c(C(=O)O)c2c1.C#Cc1ccc2nc(-c3ccccc3)c(C)c(C(=O)OC)c2c1.COC(=O)c1c(C)c(-c2ccccc2)nc2ccc(Br)cc12. The molecule has 0 aliphatic heterocycles. The van der Waals surface area contributed by atoms with Crippen molar-refractivity contribution in [2.45, 2.75) is 40.4 Å². The molecule has 0 atom stereocenters. The zero-order valence-electron chi connectivity index (χ0n) is 41.8. The van der Waals surface area contributed by atoms with Gasteiger partial charge in [0, 0.05) is 48.4 Å². The molecule has 0 saturated carbocycles. The highest BCUT2D eigenvalue weighted by Gasteiger charge is 2.22. The number of carboxylic acids is 1. The third-order valence-corrected chi connectivity index (χ3v) is 12.9. The Kier molecular flexibility index (Phi) is 17.6. The number of halogens is 1. The van der Waals surface area contributed by atoms with Gasteiger partial charge in [-0.2, -0.15) is 0 Å². The number of rotatable bonds is 6. The molecule has 362 valence electrons. The molecule has 9 nitrogen and oxygen atoms in total. The minimum Gasteiger partial charge on any atom is -0.478 e. The molecule has 3 heterocycles. The number of methoxy groups -OCH3 is 2. The first kappa shape index (κ1) is 53.7. The van der Waals surface area contributed by atoms with Crippen molar-refractivity contribution in [1.29, 1.82) is 0 Å². The van der Waals surface area contributed by atoms with Crippen LogP contribution in [0.4, 0.5) is 0 Å². The maximum absolute atomic E-state index is 12.3. The van der Waals surface area contributed by atoms with Crippen molar-refractivity contribution in [2.75, 3.05) is 14.2 Å². The fourth-order valence-corrected chi connectivity index (χ4v) is 8.23. The van der Waals surface area contributed by atoms with Gasteiger partial charge in [0.15, 0.2) is 0 Å². The van der Waals surface area contributed by atoms with Crippen molar-refractivity contribution in [1.82, 2.24) is 15.0 Å². The molecule has 1 N–H and O–H groups in total. The number of aromatic nitrogens is 3. The quantitative estimate of drug-likeness (QED) is 0.0983. The lowest BCUT2D eigenvalue weighted by Crippen LogP contribution is -2.15. The summed E-state index contributed by atoms with van der Waals surface area (Å²) in [5.74, 6) is 3.41. The minimum atomic E-state index is -1.10. The summed E-state index contributed by atoms with van der Waals surface area (Å²) >= 11 is 3.45. The summed E-state index contributed by atoms with van der Waals surface area (Å²) in [6.45, 7) is 12.0. The van der Waals surface area contributed by atoms with Crippen LogP contribution in [-0.4, -0.2) is 60.3 Å². The molecule has 0 aliphatic rings. The van der Waals surface area contributed by atoms with E-state index in [0.717, 1.165) is 54.6 Å². The van der Waals surface area contributed by atoms with Crippen LogP contribution in [0.1, 0.15) is 58.9 Å². The van der Waals surface area contributed by atoms with Gasteiger partial charge in [-0.3, -0.25) is 0 Å². The van der Waals surface area contributed by atoms with Crippen molar-refractivity contribution in [3.05, 3.63) is 195 Å². The van der Waals surface area contributed by atoms with Crippen molar-refractivity contribution in [2.24, 2.45) is 0 Å². The van der Waals surface area contributed by atoms with E-state index >= 15 is 0 Å². The Hall–Kier alpha value is -8.66. The minimum absolute atomic E-state index is 0.251. The maximum Gasteiger partial charge on any atom is 0.338 e. The van der Waals surface area contributed by atoms with Gasteiger partial charge >= 0.3 is 17.9 Å². The van der Waals surface area contributed by atoms with Crippen LogP contribution in [0.15, 0.2) is 150 Å². The number of carbonyl (C=O) groups is 3. The predicted octanol–water partition coefficient (Wildman–Crippen LogP) is 14.1. The smallest absolute Gasteiger partial charge is 0.338 e. The number of fused-ring (bicyclic) bond motifs is 3. The molecule has 6 aromatic carbocycles. The van der Waals surface area contributed by atoms with Crippen molar-refractivity contribution < 1.29 is 29.0 Å². The van der Waals surface area contributed by atoms with Gasteiger partial charge in [0.1, 0.15) is 8.07 Å². The van der Waals surface area contributed by atoms with Crippen molar-refractivity contribution >= 4 is 74.6 Å². The van der Waals surface area contributed by atoms with Gasteiger partial charge < -0.3 is 14.6 Å². The third-order valence-electron chi connectivity index (χ3n) is 11.5. The van der Waals surface area contributed by atoms with Gasteiger partial charge in [-0.05, 0) is 92.1 Å². The second kappa shape index (κ2) is 24.0. The molecular formula is C62H52BrN3O6Si. The van der Waals surface area contributed by atoms with E-state index < -0.39 is 14.0 Å². The fraction of sp³-hybridized carbons (Fsp3) is 0.129. The lowest BCUT2D eigenvalue weighted by atomic mass is 9.97. The Balaban J connectivity index is 0.000000169. The van der Waals surface area contributed by atoms with E-state index in [-0.39, 0.29) is 17.5 Å². The van der Waals surface area contributed by atoms with Gasteiger partial charge in [-0.15, -0.1) is 24.8 Å². The molecule has 9 aromatic rings. The van der Waals surface area contributed by atoms with Crippen LogP contribution < -0.4 is 0 Å². The van der Waals surface area contributed by atoms with E-state index in [0.29, 0.717) is 55.3 Å². The number of benzene rings is 6. The average Bonchev–Trinajstić information content (AvgIpc) is 3.40. The molecule has 0 amide bonds. The highest BCUT2D eigenvalue weighted by molar-refractivity contribution is 9.10. The van der Waals surface area contributed by atoms with Crippen LogP contribution in [0.5, 0.6) is 0 Å². The Morgan fingerprint density at radius 1 is 0.507 bits per heavy atom. The zero-order valence-corrected chi connectivity index (χ0v) is 44.4. The van der Waals surface area contributed by atoms with Gasteiger partial charge in [-0.25, -0.2) is 29.3 Å². The molecule has 0 unspecified atom stereocenters. The lowest BCUT2D eigenvalue weighted by molar-refractivity contribution is 0.0593. The molecule has 0 spiro atoms. The monoisotopic (exact) mass is 1040 g/mol. The first-order chi connectivity index (χ1) is 34.9. The number of hydrogen-bond donors (Lipinski definition) is 1. The molecule has 11 heteroatoms. The normalized spacial score (nSPS) is 10.4. The first-order valence-electron chi connectivity index (χ1n) is 22.9. The van der Waals surface area contributed by atoms with Crippen LogP contribution in [0, 0.1) is 57.4 Å². The van der Waals surface area contributed by atoms with Gasteiger partial charge in [0.25, 0.3) is 0 Å². The summed E-state index contributed by atoms with van der Waals surface area (Å²) in [5.41, 5.74) is 14.9. The van der Waals surface area contributed by atoms with Gasteiger partial charge in [-0.1, -0.05) is 138 Å². The van der Waals surface area contributed by atoms with Crippen LogP contribution in [0.25, 0.3) is 66.5 Å². The molecule has 0 aliphatic carbocycles. The standard InChI is InChI=1S/C20H15NO2.C19H13NO2.C18H14BrNO2.C5H10Si/c1-4-14-10-11-17-16(12-14)18(20(22)23-3)13(2)19(21-17)15-8-6-5-7-9-15;1-3-13-9-10-16-15(11-13)17(19(21)22)12(2)18(20-16)14-7-5-4-6-8-14;1-11-16(18(21)22-2)14-10-13(19)8-9-15(14)20-17(11)12-6-4-3-5-7-12;1-5-6(2,3)4/h1,5-12H,2-3H3;1,4-11H,2H3,(H,21,22);3-10H,1-2H3;1H,2-4H3. The number of nitrogens with zero attached hydrogens (tertiary/aromatic N) is 3. The first-order valence-corrected chi connectivity index (χ1v) is 27.2. The van der Waals surface area contributed by atoms with E-state index in [9.17, 15) is 19.5 Å². The molecule has 0 saturated heterocycles. The highest BCUT2D eigenvalue weighted by atomic mass is 79.9. The topological polar surface area (TPSA) is 129 Å². The molecule has 73 heavy (non-hydrogen) atoms. The fourth-order valence-electron chi connectivity index (χ4n) is 7.86.